The van der Waals surface area contributed by atoms with Crippen LogP contribution in [0, 0.1) is 13.8 Å². The Balaban J connectivity index is 1.20. The number of benzene rings is 2. The van der Waals surface area contributed by atoms with Crippen LogP contribution in [0.4, 0.5) is 17.3 Å². The van der Waals surface area contributed by atoms with Crippen molar-refractivity contribution < 1.29 is 28.7 Å². The minimum absolute atomic E-state index is 0.202. The number of aromatic nitrogens is 5. The van der Waals surface area contributed by atoms with E-state index < -0.39 is 24.0 Å². The monoisotopic (exact) mass is 909 g/mol. The quantitative estimate of drug-likeness (QED) is 0.0574. The smallest absolute Gasteiger partial charge is 0.276 e. The summed E-state index contributed by atoms with van der Waals surface area (Å²) in [6, 6.07) is 8.64. The number of amides is 4. The predicted octanol–water partition coefficient (Wildman–Crippen LogP) is 4.34. The lowest BCUT2D eigenvalue weighted by Crippen LogP contribution is -2.50. The molecular formula is C45H59N13O6S. The Hall–Kier alpha value is -6.51. The van der Waals surface area contributed by atoms with E-state index >= 15 is 0 Å². The van der Waals surface area contributed by atoms with Gasteiger partial charge in [0.05, 0.1) is 41.3 Å². The molecule has 1 atom stereocenters. The first-order chi connectivity index (χ1) is 31.2. The van der Waals surface area contributed by atoms with E-state index in [-0.39, 0.29) is 36.1 Å². The maximum Gasteiger partial charge on any atom is 0.276 e. The molecule has 20 heteroatoms. The number of allylic oxidation sites excluding steroid dienone is 1. The molecule has 0 aliphatic carbocycles. The zero-order chi connectivity index (χ0) is 46.5. The number of imidazole rings is 1. The van der Waals surface area contributed by atoms with Crippen molar-refractivity contribution in [2.24, 2.45) is 11.5 Å². The Morgan fingerprint density at radius 1 is 0.938 bits per heavy atom. The van der Waals surface area contributed by atoms with Gasteiger partial charge in [0.2, 0.25) is 17.8 Å². The number of hydrogen-bond donors (Lipinski definition) is 5. The molecule has 0 radical (unpaired) electrons. The molecule has 1 unspecified atom stereocenters. The number of rotatable bonds is 19. The number of nitrogens with zero attached hydrogens (tertiary/aromatic N) is 8. The number of aryl methyl sites for hydroxylation is 4. The summed E-state index contributed by atoms with van der Waals surface area (Å²) in [6.07, 6.45) is 4.40. The van der Waals surface area contributed by atoms with Gasteiger partial charge in [-0.1, -0.05) is 19.1 Å². The van der Waals surface area contributed by atoms with Crippen molar-refractivity contribution in [3.05, 3.63) is 80.6 Å². The third kappa shape index (κ3) is 10.2. The van der Waals surface area contributed by atoms with Crippen LogP contribution in [0.5, 0.6) is 11.5 Å². The molecule has 2 aromatic carbocycles. The van der Waals surface area contributed by atoms with Gasteiger partial charge in [0.15, 0.2) is 6.29 Å². The van der Waals surface area contributed by atoms with Crippen molar-refractivity contribution in [3.63, 3.8) is 0 Å². The van der Waals surface area contributed by atoms with Gasteiger partial charge in [0, 0.05) is 69.5 Å². The van der Waals surface area contributed by atoms with Crippen LogP contribution in [-0.2, 0) is 19.5 Å². The van der Waals surface area contributed by atoms with Gasteiger partial charge < -0.3 is 45.9 Å². The average Bonchev–Trinajstić information content (AvgIpc) is 4.05. The number of ether oxygens (including phenoxy) is 2. The minimum atomic E-state index is -0.756. The van der Waals surface area contributed by atoms with Crippen LogP contribution in [0.3, 0.4) is 0 Å². The van der Waals surface area contributed by atoms with E-state index in [1.807, 2.05) is 49.3 Å². The number of piperazine rings is 1. The Morgan fingerprint density at radius 3 is 2.32 bits per heavy atom. The Kier molecular flexibility index (Phi) is 14.4. The molecule has 0 spiro atoms. The summed E-state index contributed by atoms with van der Waals surface area (Å²) in [7, 11) is 1.50. The number of anilines is 3. The molecule has 19 nitrogen and oxygen atoms in total. The van der Waals surface area contributed by atoms with E-state index in [1.54, 1.807) is 35.0 Å². The van der Waals surface area contributed by atoms with E-state index in [4.69, 9.17) is 25.9 Å². The van der Waals surface area contributed by atoms with Gasteiger partial charge in [0.1, 0.15) is 33.3 Å². The summed E-state index contributed by atoms with van der Waals surface area (Å²) in [4.78, 5) is 69.3. The zero-order valence-corrected chi connectivity index (χ0v) is 38.9. The number of methoxy groups -OCH3 is 1. The SMILES string of the molecule is CCc1nc(C)sc1C(=O)NC1Nc2cc(C(N)=O)cc(OC)c2N1C/C=C/Cn1c(NC(=O)c2cc(C)nn2CC)nc2cc(C(N)=O)cc(OCCCN3CCN(C(C)C)CC3)c21. The molecule has 5 aromatic rings. The molecule has 2 aliphatic heterocycles. The van der Waals surface area contributed by atoms with Crippen molar-refractivity contribution in [3.8, 4) is 11.5 Å². The van der Waals surface area contributed by atoms with Crippen molar-refractivity contribution in [1.29, 1.82) is 0 Å². The topological polar surface area (TPSA) is 233 Å². The van der Waals surface area contributed by atoms with E-state index in [2.05, 4.69) is 49.7 Å². The Labute approximate surface area is 382 Å². The second-order valence-electron chi connectivity index (χ2n) is 16.3. The van der Waals surface area contributed by atoms with Gasteiger partial charge in [-0.2, -0.15) is 5.10 Å². The summed E-state index contributed by atoms with van der Waals surface area (Å²) < 4.78 is 15.7. The van der Waals surface area contributed by atoms with Gasteiger partial charge >= 0.3 is 0 Å². The number of thiazole rings is 1. The maximum absolute atomic E-state index is 13.9. The highest BCUT2D eigenvalue weighted by molar-refractivity contribution is 7.13. The third-order valence-corrected chi connectivity index (χ3v) is 12.6. The highest BCUT2D eigenvalue weighted by Gasteiger charge is 2.34. The van der Waals surface area contributed by atoms with Gasteiger partial charge in [-0.25, -0.2) is 9.97 Å². The molecule has 7 rings (SSSR count). The molecule has 1 saturated heterocycles. The lowest BCUT2D eigenvalue weighted by atomic mass is 10.1. The molecule has 65 heavy (non-hydrogen) atoms. The number of primary amides is 2. The number of carbonyl (C=O) groups excluding carboxylic acids is 4. The van der Waals surface area contributed by atoms with Crippen LogP contribution in [0.2, 0.25) is 0 Å². The first-order valence-electron chi connectivity index (χ1n) is 22.0. The van der Waals surface area contributed by atoms with Gasteiger partial charge in [-0.05, 0) is 77.8 Å². The van der Waals surface area contributed by atoms with Crippen molar-refractivity contribution >= 4 is 63.3 Å². The maximum atomic E-state index is 13.9. The van der Waals surface area contributed by atoms with Crippen LogP contribution in [0.25, 0.3) is 11.0 Å². The molecule has 3 aromatic heterocycles. The fourth-order valence-corrected chi connectivity index (χ4v) is 9.20. The fourth-order valence-electron chi connectivity index (χ4n) is 8.29. The molecule has 4 amide bonds. The third-order valence-electron chi connectivity index (χ3n) is 11.6. The molecule has 2 aliphatic rings. The fraction of sp³-hybridized carbons (Fsp3) is 0.444. The van der Waals surface area contributed by atoms with Crippen LogP contribution in [-0.4, -0.2) is 123 Å². The summed E-state index contributed by atoms with van der Waals surface area (Å²) in [5, 5.41) is 14.7. The summed E-state index contributed by atoms with van der Waals surface area (Å²) in [6.45, 7) is 18.2. The Morgan fingerprint density at radius 2 is 1.65 bits per heavy atom. The number of nitrogens with one attached hydrogen (secondary N) is 3. The second-order valence-corrected chi connectivity index (χ2v) is 17.5. The molecule has 0 saturated carbocycles. The molecule has 346 valence electrons. The van der Waals surface area contributed by atoms with Gasteiger partial charge in [-0.3, -0.25) is 34.1 Å². The van der Waals surface area contributed by atoms with Gasteiger partial charge in [-0.15, -0.1) is 11.3 Å². The van der Waals surface area contributed by atoms with E-state index in [1.165, 1.54) is 18.4 Å². The molecule has 5 heterocycles. The van der Waals surface area contributed by atoms with Crippen LogP contribution < -0.4 is 41.8 Å². The van der Waals surface area contributed by atoms with Crippen LogP contribution in [0.1, 0.15) is 91.4 Å². The van der Waals surface area contributed by atoms with E-state index in [9.17, 15) is 19.2 Å². The van der Waals surface area contributed by atoms with Crippen molar-refractivity contribution in [2.75, 3.05) is 68.5 Å². The highest BCUT2D eigenvalue weighted by Crippen LogP contribution is 2.43. The Bertz CT molecular complexity index is 2610. The zero-order valence-electron chi connectivity index (χ0n) is 38.1. The summed E-state index contributed by atoms with van der Waals surface area (Å²) in [5.74, 6) is -0.982. The van der Waals surface area contributed by atoms with Crippen molar-refractivity contribution in [1.82, 2.24) is 39.4 Å². The predicted molar refractivity (Wildman–Crippen MR) is 251 cm³/mol. The van der Waals surface area contributed by atoms with Crippen LogP contribution >= 0.6 is 11.3 Å². The normalized spacial score (nSPS) is 15.4. The lowest BCUT2D eigenvalue weighted by Gasteiger charge is -2.36. The number of nitrogens with two attached hydrogens (primary N) is 2. The number of hydrogen-bond acceptors (Lipinski definition) is 14. The molecule has 0 bridgehead atoms. The average molecular weight is 910 g/mol. The highest BCUT2D eigenvalue weighted by atomic mass is 32.1. The first kappa shape index (κ1) is 46.5. The molecular weight excluding hydrogens is 851 g/mol. The molecule has 7 N–H and O–H groups in total. The van der Waals surface area contributed by atoms with Crippen LogP contribution in [0.15, 0.2) is 42.5 Å². The number of carbonyl (C=O) groups is 4. The van der Waals surface area contributed by atoms with E-state index in [0.717, 1.165) is 44.2 Å². The minimum Gasteiger partial charge on any atom is -0.494 e. The second kappa shape index (κ2) is 20.1. The van der Waals surface area contributed by atoms with Crippen molar-refractivity contribution in [2.45, 2.75) is 79.8 Å². The summed E-state index contributed by atoms with van der Waals surface area (Å²) in [5.41, 5.74) is 15.9. The standard InChI is InChI=1S/C45H59N13O6S/c1-8-31-39(65-28(6)48-31)43(62)52-45-49-32-22-29(40(46)59)24-35(63-7)37(32)56(45)14-10-11-15-57-38-33(50-44(57)51-42(61)34-21-27(5)53-58(34)9-2)23-30(41(47)60)25-36(38)64-20-12-13-54-16-18-55(19-17-54)26(3)4/h10-11,21-26,45,49H,8-9,12-20H2,1-7H3,(H2,46,59)(H2,47,60)(H,52,62)(H,50,51,61)/b11-10+. The number of fused-ring (bicyclic) bond motifs is 2. The van der Waals surface area contributed by atoms with E-state index in [0.29, 0.717) is 81.5 Å². The van der Waals surface area contributed by atoms with Gasteiger partial charge in [0.25, 0.3) is 11.8 Å². The lowest BCUT2D eigenvalue weighted by molar-refractivity contribution is 0.0942. The largest absolute Gasteiger partial charge is 0.494 e. The molecule has 1 fully saturated rings. The summed E-state index contributed by atoms with van der Waals surface area (Å²) >= 11 is 1.32. The first-order valence-corrected chi connectivity index (χ1v) is 22.8.